The molecule has 0 bridgehead atoms. The summed E-state index contributed by atoms with van der Waals surface area (Å²) in [6.45, 7) is 2.32. The molecule has 0 amide bonds. The standard InChI is InChI=1S/C10H13N3O2S/c1-14-5-4-11-7-9-12-13-10(15-9)8-3-2-6-16-8/h2-3,6,11H,4-5,7H2,1H3/p+1. The Labute approximate surface area is 97.5 Å². The Balaban J connectivity index is 1.88. The van der Waals surface area contributed by atoms with Gasteiger partial charge in [-0.1, -0.05) is 6.07 Å². The van der Waals surface area contributed by atoms with E-state index in [0.717, 1.165) is 18.0 Å². The zero-order valence-corrected chi connectivity index (χ0v) is 9.87. The van der Waals surface area contributed by atoms with Gasteiger partial charge in [-0.3, -0.25) is 0 Å². The molecule has 2 rings (SSSR count). The molecule has 0 saturated heterocycles. The van der Waals surface area contributed by atoms with Gasteiger partial charge in [0.15, 0.2) is 6.54 Å². The van der Waals surface area contributed by atoms with Crippen molar-refractivity contribution in [3.63, 3.8) is 0 Å². The van der Waals surface area contributed by atoms with E-state index in [-0.39, 0.29) is 0 Å². The van der Waals surface area contributed by atoms with E-state index >= 15 is 0 Å². The summed E-state index contributed by atoms with van der Waals surface area (Å²) in [5, 5.41) is 12.1. The Kier molecular flexibility index (Phi) is 4.03. The van der Waals surface area contributed by atoms with Gasteiger partial charge < -0.3 is 14.5 Å². The summed E-state index contributed by atoms with van der Waals surface area (Å²) in [7, 11) is 1.69. The lowest BCUT2D eigenvalue weighted by Crippen LogP contribution is -2.83. The number of hydrogen-bond donors (Lipinski definition) is 1. The maximum Gasteiger partial charge on any atom is 0.271 e. The van der Waals surface area contributed by atoms with E-state index in [1.165, 1.54) is 0 Å². The van der Waals surface area contributed by atoms with Gasteiger partial charge >= 0.3 is 0 Å². The van der Waals surface area contributed by atoms with Crippen LogP contribution in [0.4, 0.5) is 0 Å². The summed E-state index contributed by atoms with van der Waals surface area (Å²) in [6.07, 6.45) is 0. The first-order valence-corrected chi connectivity index (χ1v) is 5.95. The molecule has 0 atom stereocenters. The third-order valence-electron chi connectivity index (χ3n) is 2.04. The van der Waals surface area contributed by atoms with Crippen molar-refractivity contribution in [3.8, 4) is 10.8 Å². The fourth-order valence-electron chi connectivity index (χ4n) is 1.26. The third kappa shape index (κ3) is 2.88. The van der Waals surface area contributed by atoms with E-state index < -0.39 is 0 Å². The average molecular weight is 240 g/mol. The Bertz CT molecular complexity index is 413. The van der Waals surface area contributed by atoms with Crippen molar-refractivity contribution < 1.29 is 14.5 Å². The van der Waals surface area contributed by atoms with E-state index in [1.807, 2.05) is 17.5 Å². The highest BCUT2D eigenvalue weighted by Crippen LogP contribution is 2.22. The zero-order valence-electron chi connectivity index (χ0n) is 9.05. The predicted octanol–water partition coefficient (Wildman–Crippen LogP) is 0.508. The van der Waals surface area contributed by atoms with Crippen LogP contribution in [0.1, 0.15) is 5.89 Å². The number of aromatic nitrogens is 2. The minimum absolute atomic E-state index is 0.602. The quantitative estimate of drug-likeness (QED) is 0.747. The monoisotopic (exact) mass is 240 g/mol. The number of hydrogen-bond acceptors (Lipinski definition) is 5. The molecule has 2 heterocycles. The summed E-state index contributed by atoms with van der Waals surface area (Å²) in [4.78, 5) is 1.01. The lowest BCUT2D eigenvalue weighted by molar-refractivity contribution is -0.674. The molecule has 2 aromatic heterocycles. The average Bonchev–Trinajstić information content (AvgIpc) is 2.94. The molecule has 0 aromatic carbocycles. The molecule has 2 N–H and O–H groups in total. The second-order valence-corrected chi connectivity index (χ2v) is 4.20. The van der Waals surface area contributed by atoms with Gasteiger partial charge in [0.2, 0.25) is 0 Å². The minimum atomic E-state index is 0.602. The smallest absolute Gasteiger partial charge is 0.271 e. The van der Waals surface area contributed by atoms with Gasteiger partial charge in [0.05, 0.1) is 18.0 Å². The molecule has 0 saturated carbocycles. The van der Waals surface area contributed by atoms with Crippen LogP contribution in [0.2, 0.25) is 0 Å². The Morgan fingerprint density at radius 3 is 3.19 bits per heavy atom. The van der Waals surface area contributed by atoms with E-state index in [1.54, 1.807) is 18.4 Å². The highest BCUT2D eigenvalue weighted by Gasteiger charge is 2.09. The van der Waals surface area contributed by atoms with E-state index in [0.29, 0.717) is 18.3 Å². The number of methoxy groups -OCH3 is 1. The van der Waals surface area contributed by atoms with Crippen LogP contribution in [0.3, 0.4) is 0 Å². The lowest BCUT2D eigenvalue weighted by Gasteiger charge is -1.96. The zero-order chi connectivity index (χ0) is 11.2. The molecule has 2 aromatic rings. The van der Waals surface area contributed by atoms with E-state index in [9.17, 15) is 0 Å². The summed E-state index contributed by atoms with van der Waals surface area (Å²) >= 11 is 1.59. The molecule has 0 aliphatic heterocycles. The van der Waals surface area contributed by atoms with Crippen molar-refractivity contribution in [3.05, 3.63) is 23.4 Å². The molecule has 16 heavy (non-hydrogen) atoms. The lowest BCUT2D eigenvalue weighted by atomic mass is 10.5. The third-order valence-corrected chi connectivity index (χ3v) is 2.90. The molecule has 86 valence electrons. The molecule has 0 aliphatic rings. The normalized spacial score (nSPS) is 10.8. The molecule has 0 radical (unpaired) electrons. The SMILES string of the molecule is COCC[NH2+]Cc1nnc(-c2cccs2)o1. The number of nitrogens with two attached hydrogens (primary N) is 1. The topological polar surface area (TPSA) is 64.8 Å². The van der Waals surface area contributed by atoms with Crippen LogP contribution >= 0.6 is 11.3 Å². The highest BCUT2D eigenvalue weighted by atomic mass is 32.1. The van der Waals surface area contributed by atoms with Crippen molar-refractivity contribution in [1.29, 1.82) is 0 Å². The first-order chi connectivity index (χ1) is 7.90. The summed E-state index contributed by atoms with van der Waals surface area (Å²) < 4.78 is 10.5. The van der Waals surface area contributed by atoms with Gasteiger partial charge in [-0.15, -0.1) is 21.5 Å². The molecular formula is C10H14N3O2S+. The van der Waals surface area contributed by atoms with Crippen LogP contribution in [-0.2, 0) is 11.3 Å². The summed E-state index contributed by atoms with van der Waals surface area (Å²) in [5.41, 5.74) is 0. The fourth-order valence-corrected chi connectivity index (χ4v) is 1.91. The van der Waals surface area contributed by atoms with Gasteiger partial charge in [-0.05, 0) is 11.4 Å². The summed E-state index contributed by atoms with van der Waals surface area (Å²) in [5.74, 6) is 1.25. The molecule has 0 fully saturated rings. The first-order valence-electron chi connectivity index (χ1n) is 5.07. The van der Waals surface area contributed by atoms with Gasteiger partial charge in [-0.25, -0.2) is 0 Å². The maximum atomic E-state index is 5.52. The molecule has 0 aliphatic carbocycles. The first kappa shape index (κ1) is 11.3. The van der Waals surface area contributed by atoms with Gasteiger partial charge in [0.1, 0.15) is 0 Å². The number of ether oxygens (including phenoxy) is 1. The Morgan fingerprint density at radius 2 is 2.44 bits per heavy atom. The second-order valence-electron chi connectivity index (χ2n) is 3.25. The largest absolute Gasteiger partial charge is 0.414 e. The van der Waals surface area contributed by atoms with Crippen LogP contribution in [0.5, 0.6) is 0 Å². The van der Waals surface area contributed by atoms with Crippen molar-refractivity contribution in [2.45, 2.75) is 6.54 Å². The van der Waals surface area contributed by atoms with Crippen molar-refractivity contribution in [2.24, 2.45) is 0 Å². The van der Waals surface area contributed by atoms with E-state index in [2.05, 4.69) is 15.5 Å². The van der Waals surface area contributed by atoms with Gasteiger partial charge in [0.25, 0.3) is 11.8 Å². The second kappa shape index (κ2) is 5.74. The highest BCUT2D eigenvalue weighted by molar-refractivity contribution is 7.13. The molecular weight excluding hydrogens is 226 g/mol. The number of quaternary nitrogens is 1. The Morgan fingerprint density at radius 1 is 1.50 bits per heavy atom. The van der Waals surface area contributed by atoms with Crippen molar-refractivity contribution in [2.75, 3.05) is 20.3 Å². The predicted molar refractivity (Wildman–Crippen MR) is 60.0 cm³/mol. The van der Waals surface area contributed by atoms with Crippen LogP contribution in [0.25, 0.3) is 10.8 Å². The van der Waals surface area contributed by atoms with Gasteiger partial charge in [-0.2, -0.15) is 0 Å². The van der Waals surface area contributed by atoms with Crippen LogP contribution in [0, 0.1) is 0 Å². The number of thiophene rings is 1. The number of nitrogens with zero attached hydrogens (tertiary/aromatic N) is 2. The van der Waals surface area contributed by atoms with Gasteiger partial charge in [0, 0.05) is 7.11 Å². The fraction of sp³-hybridized carbons (Fsp3) is 0.400. The molecule has 0 spiro atoms. The van der Waals surface area contributed by atoms with Crippen LogP contribution in [-0.4, -0.2) is 30.5 Å². The minimum Gasteiger partial charge on any atom is -0.414 e. The van der Waals surface area contributed by atoms with E-state index in [4.69, 9.17) is 9.15 Å². The number of rotatable bonds is 6. The molecule has 0 unspecified atom stereocenters. The van der Waals surface area contributed by atoms with Crippen molar-refractivity contribution in [1.82, 2.24) is 10.2 Å². The Hall–Kier alpha value is -1.24. The molecule has 6 heteroatoms. The maximum absolute atomic E-state index is 5.52. The van der Waals surface area contributed by atoms with Crippen molar-refractivity contribution >= 4 is 11.3 Å². The molecule has 5 nitrogen and oxygen atoms in total. The summed E-state index contributed by atoms with van der Waals surface area (Å²) in [6, 6.07) is 3.94. The van der Waals surface area contributed by atoms with Crippen LogP contribution < -0.4 is 5.32 Å². The van der Waals surface area contributed by atoms with Crippen LogP contribution in [0.15, 0.2) is 21.9 Å².